The molecule has 0 unspecified atom stereocenters. The van der Waals surface area contributed by atoms with Crippen LogP contribution in [0.3, 0.4) is 0 Å². The van der Waals surface area contributed by atoms with Crippen LogP contribution in [0.1, 0.15) is 26.3 Å². The van der Waals surface area contributed by atoms with Crippen LogP contribution in [0.4, 0.5) is 5.69 Å². The van der Waals surface area contributed by atoms with Crippen LogP contribution in [0.25, 0.3) is 10.2 Å². The number of nitrogens with one attached hydrogen (secondary N) is 1. The van der Waals surface area contributed by atoms with Crippen molar-refractivity contribution in [3.63, 3.8) is 0 Å². The van der Waals surface area contributed by atoms with Crippen molar-refractivity contribution in [3.8, 4) is 0 Å². The molecule has 3 aromatic carbocycles. The number of halogens is 1. The van der Waals surface area contributed by atoms with E-state index in [2.05, 4.69) is 10.3 Å². The van der Waals surface area contributed by atoms with Crippen molar-refractivity contribution < 1.29 is 9.59 Å². The molecule has 0 aliphatic heterocycles. The minimum Gasteiger partial charge on any atom is -0.321 e. The number of carbonyl (C=O) groups is 2. The largest absolute Gasteiger partial charge is 0.321 e. The number of anilines is 1. The lowest BCUT2D eigenvalue weighted by Gasteiger charge is -2.08. The predicted molar refractivity (Wildman–Crippen MR) is 109 cm³/mol. The average molecular weight is 393 g/mol. The number of nitrogens with zero attached hydrogens (tertiary/aromatic N) is 1. The zero-order valence-electron chi connectivity index (χ0n) is 14.0. The van der Waals surface area contributed by atoms with Crippen molar-refractivity contribution in [1.29, 1.82) is 0 Å². The Labute approximate surface area is 164 Å². The monoisotopic (exact) mass is 392 g/mol. The number of carbonyl (C=O) groups excluding carboxylic acids is 2. The van der Waals surface area contributed by atoms with Gasteiger partial charge in [-0.3, -0.25) is 9.59 Å². The van der Waals surface area contributed by atoms with Crippen LogP contribution < -0.4 is 5.32 Å². The van der Waals surface area contributed by atoms with Gasteiger partial charge in [0.15, 0.2) is 5.78 Å². The number of fused-ring (bicyclic) bond motifs is 1. The second-order valence-electron chi connectivity index (χ2n) is 5.85. The Hall–Kier alpha value is -3.02. The molecule has 0 saturated carbocycles. The molecule has 0 radical (unpaired) electrons. The van der Waals surface area contributed by atoms with Gasteiger partial charge in [-0.2, -0.15) is 0 Å². The van der Waals surface area contributed by atoms with E-state index in [1.807, 2.05) is 18.2 Å². The van der Waals surface area contributed by atoms with Gasteiger partial charge in [0.2, 0.25) is 0 Å². The maximum Gasteiger partial charge on any atom is 0.255 e. The predicted octanol–water partition coefficient (Wildman–Crippen LogP) is 5.43. The van der Waals surface area contributed by atoms with Gasteiger partial charge >= 0.3 is 0 Å². The van der Waals surface area contributed by atoms with Gasteiger partial charge in [0.25, 0.3) is 5.91 Å². The highest BCUT2D eigenvalue weighted by molar-refractivity contribution is 7.17. The molecule has 0 fully saturated rings. The van der Waals surface area contributed by atoms with Gasteiger partial charge in [-0.1, -0.05) is 54.1 Å². The number of hydrogen-bond donors (Lipinski definition) is 1. The molecule has 27 heavy (non-hydrogen) atoms. The Kier molecular flexibility index (Phi) is 4.71. The van der Waals surface area contributed by atoms with Crippen molar-refractivity contribution in [2.75, 3.05) is 5.32 Å². The van der Waals surface area contributed by atoms with E-state index in [1.165, 1.54) is 11.3 Å². The first kappa shape index (κ1) is 17.4. The molecule has 0 spiro atoms. The van der Waals surface area contributed by atoms with E-state index in [0.29, 0.717) is 32.9 Å². The molecule has 6 heteroatoms. The highest BCUT2D eigenvalue weighted by Crippen LogP contribution is 2.32. The zero-order valence-corrected chi connectivity index (χ0v) is 15.6. The molecule has 4 rings (SSSR count). The number of aromatic nitrogens is 1. The van der Waals surface area contributed by atoms with E-state index in [0.717, 1.165) is 4.70 Å². The maximum absolute atomic E-state index is 12.6. The number of hydrogen-bond acceptors (Lipinski definition) is 4. The summed E-state index contributed by atoms with van der Waals surface area (Å²) in [5, 5.41) is 3.43. The molecule has 4 aromatic rings. The van der Waals surface area contributed by atoms with Crippen LogP contribution in [0.15, 0.2) is 72.2 Å². The minimum absolute atomic E-state index is 0.0772. The summed E-state index contributed by atoms with van der Waals surface area (Å²) in [6.45, 7) is 0. The smallest absolute Gasteiger partial charge is 0.255 e. The molecular weight excluding hydrogens is 380 g/mol. The molecule has 0 bridgehead atoms. The standard InChI is InChI=1S/C21H13ClN2O2S/c22-16-10-11-17(20-18(16)23-12-27-20)24-21(26)15-8-6-14(7-9-15)19(25)13-4-2-1-3-5-13/h1-12H,(H,24,26). The molecule has 1 heterocycles. The lowest BCUT2D eigenvalue weighted by molar-refractivity contribution is 0.102. The second-order valence-corrected chi connectivity index (χ2v) is 7.11. The Morgan fingerprint density at radius 3 is 2.26 bits per heavy atom. The summed E-state index contributed by atoms with van der Waals surface area (Å²) in [5.74, 6) is -0.336. The highest BCUT2D eigenvalue weighted by Gasteiger charge is 2.13. The van der Waals surface area contributed by atoms with Crippen molar-refractivity contribution in [3.05, 3.63) is 94.0 Å². The van der Waals surface area contributed by atoms with Gasteiger partial charge in [0, 0.05) is 16.7 Å². The minimum atomic E-state index is -0.259. The lowest BCUT2D eigenvalue weighted by atomic mass is 10.0. The number of rotatable bonds is 4. The summed E-state index contributed by atoms with van der Waals surface area (Å²) < 4.78 is 0.826. The van der Waals surface area contributed by atoms with E-state index in [9.17, 15) is 9.59 Å². The third-order valence-electron chi connectivity index (χ3n) is 4.13. The van der Waals surface area contributed by atoms with Gasteiger partial charge in [0.1, 0.15) is 5.52 Å². The van der Waals surface area contributed by atoms with Gasteiger partial charge in [-0.15, -0.1) is 11.3 Å². The first-order valence-corrected chi connectivity index (χ1v) is 9.42. The molecule has 1 amide bonds. The first-order chi connectivity index (χ1) is 13.1. The molecule has 1 N–H and O–H groups in total. The van der Waals surface area contributed by atoms with E-state index >= 15 is 0 Å². The molecule has 0 atom stereocenters. The summed E-state index contributed by atoms with van der Waals surface area (Å²) in [7, 11) is 0. The highest BCUT2D eigenvalue weighted by atomic mass is 35.5. The SMILES string of the molecule is O=C(Nc1ccc(Cl)c2ncsc12)c1ccc(C(=O)c2ccccc2)cc1. The summed E-state index contributed by atoms with van der Waals surface area (Å²) in [5.41, 5.74) is 4.63. The van der Waals surface area contributed by atoms with Crippen LogP contribution in [-0.2, 0) is 0 Å². The molecule has 0 aliphatic rings. The van der Waals surface area contributed by atoms with Crippen molar-refractivity contribution in [1.82, 2.24) is 4.98 Å². The molecule has 0 saturated heterocycles. The van der Waals surface area contributed by atoms with Gasteiger partial charge in [-0.05, 0) is 24.3 Å². The summed E-state index contributed by atoms with van der Waals surface area (Å²) in [6.07, 6.45) is 0. The van der Waals surface area contributed by atoms with Crippen molar-refractivity contribution >= 4 is 50.5 Å². The molecule has 132 valence electrons. The maximum atomic E-state index is 12.6. The Bertz CT molecular complexity index is 1140. The number of amides is 1. The first-order valence-electron chi connectivity index (χ1n) is 8.16. The van der Waals surface area contributed by atoms with Crippen molar-refractivity contribution in [2.24, 2.45) is 0 Å². The number of ketones is 1. The fourth-order valence-electron chi connectivity index (χ4n) is 2.74. The summed E-state index contributed by atoms with van der Waals surface area (Å²) >= 11 is 7.54. The molecule has 0 aliphatic carbocycles. The second kappa shape index (κ2) is 7.31. The summed E-state index contributed by atoms with van der Waals surface area (Å²) in [6, 6.07) is 19.1. The van der Waals surface area contributed by atoms with E-state index in [1.54, 1.807) is 54.0 Å². The lowest BCUT2D eigenvalue weighted by Crippen LogP contribution is -2.12. The normalized spacial score (nSPS) is 10.7. The average Bonchev–Trinajstić information content (AvgIpc) is 3.21. The van der Waals surface area contributed by atoms with E-state index in [-0.39, 0.29) is 11.7 Å². The number of benzene rings is 3. The van der Waals surface area contributed by atoms with E-state index in [4.69, 9.17) is 11.6 Å². The van der Waals surface area contributed by atoms with Crippen LogP contribution in [0.2, 0.25) is 5.02 Å². The summed E-state index contributed by atoms with van der Waals surface area (Å²) in [4.78, 5) is 29.2. The fraction of sp³-hybridized carbons (Fsp3) is 0. The third-order valence-corrected chi connectivity index (χ3v) is 5.29. The van der Waals surface area contributed by atoms with Crippen LogP contribution in [-0.4, -0.2) is 16.7 Å². The molecule has 1 aromatic heterocycles. The van der Waals surface area contributed by atoms with Gasteiger partial charge < -0.3 is 5.32 Å². The van der Waals surface area contributed by atoms with Gasteiger partial charge in [-0.25, -0.2) is 4.98 Å². The van der Waals surface area contributed by atoms with Gasteiger partial charge in [0.05, 0.1) is 20.9 Å². The quantitative estimate of drug-likeness (QED) is 0.471. The third kappa shape index (κ3) is 3.47. The van der Waals surface area contributed by atoms with Crippen LogP contribution in [0.5, 0.6) is 0 Å². The topological polar surface area (TPSA) is 59.1 Å². The Morgan fingerprint density at radius 1 is 0.852 bits per heavy atom. The van der Waals surface area contributed by atoms with Crippen LogP contribution >= 0.6 is 22.9 Å². The molecular formula is C21H13ClN2O2S. The molecule has 4 nitrogen and oxygen atoms in total. The van der Waals surface area contributed by atoms with E-state index < -0.39 is 0 Å². The van der Waals surface area contributed by atoms with Crippen LogP contribution in [0, 0.1) is 0 Å². The van der Waals surface area contributed by atoms with Crippen molar-refractivity contribution in [2.45, 2.75) is 0 Å². The Morgan fingerprint density at radius 2 is 1.52 bits per heavy atom. The Balaban J connectivity index is 1.55. The zero-order chi connectivity index (χ0) is 18.8. The fourth-order valence-corrected chi connectivity index (χ4v) is 3.79. The number of thiazole rings is 1.